The first-order valence-electron chi connectivity index (χ1n) is 20.8. The second-order valence-electron chi connectivity index (χ2n) is 16.9. The highest BCUT2D eigenvalue weighted by atomic mass is 16.4. The summed E-state index contributed by atoms with van der Waals surface area (Å²) < 4.78 is 0. The van der Waals surface area contributed by atoms with Crippen molar-refractivity contribution in [3.63, 3.8) is 0 Å². The van der Waals surface area contributed by atoms with E-state index >= 15 is 0 Å². The molecule has 0 heterocycles. The van der Waals surface area contributed by atoms with Crippen LogP contribution in [0.15, 0.2) is 60.7 Å². The summed E-state index contributed by atoms with van der Waals surface area (Å²) in [6.07, 6.45) is 0.512. The first-order valence-corrected chi connectivity index (χ1v) is 20.8. The number of hydrogen-bond donors (Lipinski definition) is 7. The van der Waals surface area contributed by atoms with Crippen molar-refractivity contribution in [3.8, 4) is 0 Å². The fourth-order valence-corrected chi connectivity index (χ4v) is 6.70. The van der Waals surface area contributed by atoms with Crippen LogP contribution in [0, 0.1) is 29.6 Å². The van der Waals surface area contributed by atoms with Crippen LogP contribution in [0.5, 0.6) is 0 Å². The molecule has 0 fully saturated rings. The lowest BCUT2D eigenvalue weighted by Crippen LogP contribution is -2.59. The van der Waals surface area contributed by atoms with E-state index in [0.717, 1.165) is 11.1 Å². The van der Waals surface area contributed by atoms with E-state index in [9.17, 15) is 39.0 Å². The van der Waals surface area contributed by atoms with Crippen molar-refractivity contribution in [2.24, 2.45) is 29.6 Å². The first-order chi connectivity index (χ1) is 27.3. The number of hydrogen-bond acceptors (Lipinski definition) is 7. The van der Waals surface area contributed by atoms with Gasteiger partial charge in [0.2, 0.25) is 29.5 Å². The maximum atomic E-state index is 13.9. The number of aliphatic carboxylic acids is 1. The molecule has 0 aliphatic carbocycles. The quantitative estimate of drug-likeness (QED) is 0.0757. The van der Waals surface area contributed by atoms with Crippen LogP contribution in [0.3, 0.4) is 0 Å². The summed E-state index contributed by atoms with van der Waals surface area (Å²) in [5, 5.41) is 35.5. The van der Waals surface area contributed by atoms with Gasteiger partial charge in [0.25, 0.3) is 0 Å². The van der Waals surface area contributed by atoms with Gasteiger partial charge < -0.3 is 36.8 Å². The lowest BCUT2D eigenvalue weighted by molar-refractivity contribution is -0.144. The number of benzene rings is 2. The summed E-state index contributed by atoms with van der Waals surface area (Å²) in [7, 11) is 0. The molecule has 0 aliphatic heterocycles. The summed E-state index contributed by atoms with van der Waals surface area (Å²) in [6.45, 7) is 16.6. The third-order valence-electron chi connectivity index (χ3n) is 10.4. The normalized spacial score (nSPS) is 15.6. The summed E-state index contributed by atoms with van der Waals surface area (Å²) in [4.78, 5) is 79.7. The van der Waals surface area contributed by atoms with Crippen LogP contribution in [-0.4, -0.2) is 82.0 Å². The molecule has 58 heavy (non-hydrogen) atoms. The molecule has 13 nitrogen and oxygen atoms in total. The zero-order chi connectivity index (χ0) is 43.5. The molecular formula is C45H69N5O8. The van der Waals surface area contributed by atoms with Crippen LogP contribution in [0.25, 0.3) is 0 Å². The zero-order valence-corrected chi connectivity index (χ0v) is 35.9. The lowest BCUT2D eigenvalue weighted by atomic mass is 9.92. The summed E-state index contributed by atoms with van der Waals surface area (Å²) in [5.74, 6) is -4.79. The fraction of sp³-hybridized carbons (Fsp3) is 0.600. The highest BCUT2D eigenvalue weighted by molar-refractivity contribution is 5.93. The van der Waals surface area contributed by atoms with E-state index in [4.69, 9.17) is 0 Å². The van der Waals surface area contributed by atoms with E-state index in [2.05, 4.69) is 26.6 Å². The monoisotopic (exact) mass is 808 g/mol. The minimum atomic E-state index is -1.41. The number of carboxylic acids is 1. The predicted molar refractivity (Wildman–Crippen MR) is 225 cm³/mol. The van der Waals surface area contributed by atoms with Crippen molar-refractivity contribution < 1.29 is 39.0 Å². The van der Waals surface area contributed by atoms with Gasteiger partial charge in [-0.25, -0.2) is 4.79 Å². The van der Waals surface area contributed by atoms with E-state index in [1.165, 1.54) is 0 Å². The molecule has 0 aromatic heterocycles. The van der Waals surface area contributed by atoms with Crippen LogP contribution >= 0.6 is 0 Å². The Kier molecular flexibility index (Phi) is 21.2. The second-order valence-corrected chi connectivity index (χ2v) is 16.9. The van der Waals surface area contributed by atoms with Gasteiger partial charge >= 0.3 is 5.97 Å². The Morgan fingerprint density at radius 3 is 1.64 bits per heavy atom. The Morgan fingerprint density at radius 1 is 0.586 bits per heavy atom. The number of aliphatic hydroxyl groups is 1. The number of rotatable bonds is 25. The number of amides is 5. The topological polar surface area (TPSA) is 203 Å². The third-order valence-corrected chi connectivity index (χ3v) is 10.4. The Balaban J connectivity index is 2.24. The minimum Gasteiger partial charge on any atom is -0.480 e. The molecule has 322 valence electrons. The van der Waals surface area contributed by atoms with Gasteiger partial charge in [-0.3, -0.25) is 24.0 Å². The smallest absolute Gasteiger partial charge is 0.326 e. The highest BCUT2D eigenvalue weighted by Crippen LogP contribution is 2.17. The maximum absolute atomic E-state index is 13.9. The van der Waals surface area contributed by atoms with Gasteiger partial charge in [-0.15, -0.1) is 0 Å². The summed E-state index contributed by atoms with van der Waals surface area (Å²) in [5.41, 5.74) is 1.83. The van der Waals surface area contributed by atoms with Crippen LogP contribution in [-0.2, 0) is 41.6 Å². The molecule has 7 N–H and O–H groups in total. The van der Waals surface area contributed by atoms with Gasteiger partial charge in [0.1, 0.15) is 24.2 Å². The Labute approximate surface area is 345 Å². The minimum absolute atomic E-state index is 0.0797. The van der Waals surface area contributed by atoms with E-state index in [0.29, 0.717) is 25.7 Å². The van der Waals surface area contributed by atoms with Gasteiger partial charge in [0.15, 0.2) is 0 Å². The Hall–Kier alpha value is -4.78. The molecule has 2 unspecified atom stereocenters. The molecule has 8 atom stereocenters. The molecule has 2 aromatic carbocycles. The van der Waals surface area contributed by atoms with E-state index < -0.39 is 78.2 Å². The molecule has 0 radical (unpaired) electrons. The number of carbonyl (C=O) groups excluding carboxylic acids is 5. The van der Waals surface area contributed by atoms with Crippen molar-refractivity contribution in [3.05, 3.63) is 71.8 Å². The van der Waals surface area contributed by atoms with Crippen molar-refractivity contribution in [1.29, 1.82) is 0 Å². The molecule has 0 saturated heterocycles. The second kappa shape index (κ2) is 24.9. The zero-order valence-electron chi connectivity index (χ0n) is 35.9. The molecule has 2 rings (SSSR count). The number of aryl methyl sites for hydroxylation is 1. The van der Waals surface area contributed by atoms with Crippen LogP contribution in [0.2, 0.25) is 0 Å². The van der Waals surface area contributed by atoms with Gasteiger partial charge in [0.05, 0.1) is 18.6 Å². The molecule has 13 heteroatoms. The van der Waals surface area contributed by atoms with E-state index in [1.54, 1.807) is 27.7 Å². The van der Waals surface area contributed by atoms with Gasteiger partial charge in [0, 0.05) is 6.42 Å². The van der Waals surface area contributed by atoms with Crippen molar-refractivity contribution in [2.45, 2.75) is 144 Å². The Morgan fingerprint density at radius 2 is 1.12 bits per heavy atom. The van der Waals surface area contributed by atoms with E-state index in [-0.39, 0.29) is 42.4 Å². The van der Waals surface area contributed by atoms with Gasteiger partial charge in [-0.05, 0) is 66.4 Å². The number of nitrogens with one attached hydrogen (secondary N) is 5. The van der Waals surface area contributed by atoms with Crippen LogP contribution in [0.1, 0.15) is 106 Å². The summed E-state index contributed by atoms with van der Waals surface area (Å²) in [6, 6.07) is 13.6. The predicted octanol–water partition coefficient (Wildman–Crippen LogP) is 4.55. The standard InChI is InChI=1S/C45H69N5O8/c1-10-30(8)40(44(56)50-41(45(57)58)31(9)21-22-32-17-13-11-14-18-32)48-38(53)26-36(51)34(25-33-19-15-12-16-20-33)47-43(55)39(29(6)7)49-42(54)35(23-27(2)3)46-37(52)24-28(4)5/h11-20,27-31,34-36,39-41,51H,10,21-26H2,1-9H3,(H,46,52)(H,47,55)(H,48,53)(H,49,54)(H,50,56)(H,57,58)/t30-,31?,34-,35-,36-,39-,40-,41?/m0/s1. The molecule has 0 aliphatic rings. The number of carbonyl (C=O) groups is 6. The molecule has 0 bridgehead atoms. The van der Waals surface area contributed by atoms with Gasteiger partial charge in [-0.1, -0.05) is 129 Å². The molecule has 0 saturated carbocycles. The lowest BCUT2D eigenvalue weighted by Gasteiger charge is -2.30. The van der Waals surface area contributed by atoms with Crippen LogP contribution in [0.4, 0.5) is 0 Å². The highest BCUT2D eigenvalue weighted by Gasteiger charge is 2.35. The molecule has 2 aromatic rings. The van der Waals surface area contributed by atoms with Crippen molar-refractivity contribution >= 4 is 35.5 Å². The molecular weight excluding hydrogens is 739 g/mol. The first kappa shape index (κ1) is 49.4. The number of aliphatic hydroxyl groups excluding tert-OH is 1. The largest absolute Gasteiger partial charge is 0.480 e. The van der Waals surface area contributed by atoms with Crippen molar-refractivity contribution in [1.82, 2.24) is 26.6 Å². The van der Waals surface area contributed by atoms with Crippen LogP contribution < -0.4 is 26.6 Å². The maximum Gasteiger partial charge on any atom is 0.326 e. The Bertz CT molecular complexity index is 1600. The summed E-state index contributed by atoms with van der Waals surface area (Å²) >= 11 is 0. The van der Waals surface area contributed by atoms with Gasteiger partial charge in [-0.2, -0.15) is 0 Å². The van der Waals surface area contributed by atoms with Crippen molar-refractivity contribution in [2.75, 3.05) is 0 Å². The molecule has 0 spiro atoms. The third kappa shape index (κ3) is 17.4. The van der Waals surface area contributed by atoms with E-state index in [1.807, 2.05) is 95.3 Å². The SMILES string of the molecule is CC[C@H](C)[C@H](NC(=O)C[C@H](O)[C@H](Cc1ccccc1)NC(=O)[C@@H](NC(=O)[C@H](CC(C)C)NC(=O)CC(C)C)C(C)C)C(=O)NC(C(=O)O)C(C)CCc1ccccc1. The fourth-order valence-electron chi connectivity index (χ4n) is 6.70. The number of carboxylic acid groups (broad SMARTS) is 1. The molecule has 5 amide bonds. The average molecular weight is 808 g/mol. The average Bonchev–Trinajstić information content (AvgIpc) is 3.16.